The molecule has 124 valence electrons. The molecule has 1 aromatic heterocycles. The number of hydrogen-bond acceptors (Lipinski definition) is 5. The minimum Gasteiger partial charge on any atom is -0.356 e. The van der Waals surface area contributed by atoms with Crippen LogP contribution in [0.1, 0.15) is 12.8 Å². The summed E-state index contributed by atoms with van der Waals surface area (Å²) < 4.78 is 37.3. The van der Waals surface area contributed by atoms with Crippen molar-refractivity contribution in [1.82, 2.24) is 9.97 Å². The third-order valence-corrected chi connectivity index (χ3v) is 5.70. The summed E-state index contributed by atoms with van der Waals surface area (Å²) in [6.45, 7) is 1.39. The molecule has 1 saturated heterocycles. The Balaban J connectivity index is 1.95. The van der Waals surface area contributed by atoms with Crippen LogP contribution in [-0.2, 0) is 9.84 Å². The van der Waals surface area contributed by atoms with Crippen molar-refractivity contribution in [3.8, 4) is 0 Å². The number of piperidine rings is 1. The van der Waals surface area contributed by atoms with E-state index >= 15 is 0 Å². The van der Waals surface area contributed by atoms with Crippen LogP contribution in [0.4, 0.5) is 10.2 Å². The van der Waals surface area contributed by atoms with Gasteiger partial charge in [-0.05, 0) is 46.8 Å². The van der Waals surface area contributed by atoms with E-state index in [0.29, 0.717) is 27.7 Å². The van der Waals surface area contributed by atoms with E-state index in [4.69, 9.17) is 0 Å². The zero-order valence-electron chi connectivity index (χ0n) is 12.7. The predicted octanol–water partition coefficient (Wildman–Crippen LogP) is 2.79. The summed E-state index contributed by atoms with van der Waals surface area (Å²) in [7, 11) is -3.01. The topological polar surface area (TPSA) is 63.2 Å². The number of aromatic nitrogens is 2. The molecule has 1 atom stereocenters. The molecule has 0 spiro atoms. The first-order valence-corrected chi connectivity index (χ1v) is 10.2. The van der Waals surface area contributed by atoms with Crippen molar-refractivity contribution in [2.45, 2.75) is 12.8 Å². The van der Waals surface area contributed by atoms with E-state index in [1.807, 2.05) is 4.90 Å². The molecule has 0 aliphatic carbocycles. The molecule has 0 radical (unpaired) electrons. The summed E-state index contributed by atoms with van der Waals surface area (Å²) in [5.41, 5.74) is 0.661. The molecule has 3 rings (SSSR count). The largest absolute Gasteiger partial charge is 0.356 e. The number of hydrogen-bond donors (Lipinski definition) is 0. The second-order valence-electron chi connectivity index (χ2n) is 6.03. The van der Waals surface area contributed by atoms with Gasteiger partial charge in [0, 0.05) is 24.7 Å². The normalized spacial score (nSPS) is 19.3. The Hall–Kier alpha value is -1.28. The summed E-state index contributed by atoms with van der Waals surface area (Å²) in [4.78, 5) is 10.5. The van der Waals surface area contributed by atoms with Crippen LogP contribution in [0.25, 0.3) is 10.9 Å². The van der Waals surface area contributed by atoms with Crippen LogP contribution in [0.15, 0.2) is 22.9 Å². The number of halogens is 2. The Morgan fingerprint density at radius 3 is 2.91 bits per heavy atom. The summed E-state index contributed by atoms with van der Waals surface area (Å²) >= 11 is 3.16. The van der Waals surface area contributed by atoms with Gasteiger partial charge in [-0.2, -0.15) is 0 Å². The minimum absolute atomic E-state index is 0.0732. The Kier molecular flexibility index (Phi) is 4.55. The molecule has 1 fully saturated rings. The number of benzene rings is 1. The molecule has 0 N–H and O–H groups in total. The second kappa shape index (κ2) is 6.32. The lowest BCUT2D eigenvalue weighted by Crippen LogP contribution is -2.38. The molecule has 1 aliphatic heterocycles. The van der Waals surface area contributed by atoms with Gasteiger partial charge in [0.2, 0.25) is 0 Å². The fourth-order valence-electron chi connectivity index (χ4n) is 3.11. The van der Waals surface area contributed by atoms with Gasteiger partial charge in [-0.25, -0.2) is 22.8 Å². The summed E-state index contributed by atoms with van der Waals surface area (Å²) in [5, 5.41) is 0.646. The van der Waals surface area contributed by atoms with Crippen molar-refractivity contribution in [2.75, 3.05) is 30.0 Å². The highest BCUT2D eigenvalue weighted by Crippen LogP contribution is 2.30. The molecule has 1 aliphatic rings. The van der Waals surface area contributed by atoms with Gasteiger partial charge >= 0.3 is 0 Å². The third kappa shape index (κ3) is 3.80. The molecule has 0 bridgehead atoms. The first-order chi connectivity index (χ1) is 10.8. The van der Waals surface area contributed by atoms with Crippen molar-refractivity contribution in [1.29, 1.82) is 0 Å². The average Bonchev–Trinajstić information content (AvgIpc) is 2.46. The van der Waals surface area contributed by atoms with E-state index in [2.05, 4.69) is 25.9 Å². The van der Waals surface area contributed by atoms with Crippen LogP contribution in [0.2, 0.25) is 0 Å². The molecule has 5 nitrogen and oxygen atoms in total. The Morgan fingerprint density at radius 1 is 1.39 bits per heavy atom. The van der Waals surface area contributed by atoms with Crippen LogP contribution < -0.4 is 4.90 Å². The van der Waals surface area contributed by atoms with E-state index in [1.165, 1.54) is 18.6 Å². The summed E-state index contributed by atoms with van der Waals surface area (Å²) in [6, 6.07) is 3.06. The maximum absolute atomic E-state index is 13.9. The van der Waals surface area contributed by atoms with Crippen LogP contribution in [-0.4, -0.2) is 43.5 Å². The number of anilines is 1. The first kappa shape index (κ1) is 16.6. The van der Waals surface area contributed by atoms with E-state index in [9.17, 15) is 12.8 Å². The molecular weight excluding hydrogens is 385 g/mol. The second-order valence-corrected chi connectivity index (χ2v) is 9.07. The minimum atomic E-state index is -3.01. The van der Waals surface area contributed by atoms with E-state index in [-0.39, 0.29) is 17.5 Å². The maximum atomic E-state index is 13.9. The molecular formula is C15H17BrFN3O2S. The molecule has 2 aromatic rings. The van der Waals surface area contributed by atoms with Crippen molar-refractivity contribution >= 4 is 42.5 Å². The monoisotopic (exact) mass is 401 g/mol. The Labute approximate surface area is 143 Å². The van der Waals surface area contributed by atoms with Gasteiger partial charge in [0.15, 0.2) is 0 Å². The lowest BCUT2D eigenvalue weighted by atomic mass is 10.00. The number of fused-ring (bicyclic) bond motifs is 1. The van der Waals surface area contributed by atoms with Gasteiger partial charge in [-0.1, -0.05) is 0 Å². The molecule has 23 heavy (non-hydrogen) atoms. The van der Waals surface area contributed by atoms with Crippen molar-refractivity contribution in [2.24, 2.45) is 5.92 Å². The maximum Gasteiger partial charge on any atom is 0.147 e. The van der Waals surface area contributed by atoms with E-state index in [0.717, 1.165) is 19.4 Å². The fourth-order valence-corrected chi connectivity index (χ4v) is 4.57. The van der Waals surface area contributed by atoms with Crippen molar-refractivity contribution < 1.29 is 12.8 Å². The van der Waals surface area contributed by atoms with Gasteiger partial charge < -0.3 is 4.90 Å². The number of sulfone groups is 1. The molecule has 8 heteroatoms. The predicted molar refractivity (Wildman–Crippen MR) is 91.8 cm³/mol. The summed E-state index contributed by atoms with van der Waals surface area (Å²) in [5.74, 6) is 0.550. The molecule has 0 amide bonds. The standard InChI is InChI=1S/C15H17BrFN3O2S/c1-23(21,22)8-10-3-2-4-20(7-10)15-11-5-13(17)12(16)6-14(11)18-9-19-15/h5-6,9-10H,2-4,7-8H2,1H3. The van der Waals surface area contributed by atoms with Crippen molar-refractivity contribution in [3.05, 3.63) is 28.7 Å². The van der Waals surface area contributed by atoms with Crippen LogP contribution in [0.5, 0.6) is 0 Å². The SMILES string of the molecule is CS(=O)(=O)CC1CCCN(c2ncnc3cc(Br)c(F)cc23)C1. The van der Waals surface area contributed by atoms with Gasteiger partial charge in [0.1, 0.15) is 27.8 Å². The molecule has 1 unspecified atom stereocenters. The number of rotatable bonds is 3. The lowest BCUT2D eigenvalue weighted by Gasteiger charge is -2.33. The third-order valence-electron chi connectivity index (χ3n) is 4.01. The molecule has 2 heterocycles. The quantitative estimate of drug-likeness (QED) is 0.790. The highest BCUT2D eigenvalue weighted by atomic mass is 79.9. The van der Waals surface area contributed by atoms with Gasteiger partial charge in [0.05, 0.1) is 15.7 Å². The van der Waals surface area contributed by atoms with Crippen LogP contribution in [0, 0.1) is 11.7 Å². The van der Waals surface area contributed by atoms with Crippen molar-refractivity contribution in [3.63, 3.8) is 0 Å². The fraction of sp³-hybridized carbons (Fsp3) is 0.467. The number of nitrogens with zero attached hydrogens (tertiary/aromatic N) is 3. The molecule has 1 aromatic carbocycles. The first-order valence-electron chi connectivity index (χ1n) is 7.36. The van der Waals surface area contributed by atoms with Gasteiger partial charge in [0.25, 0.3) is 0 Å². The van der Waals surface area contributed by atoms with E-state index in [1.54, 1.807) is 6.07 Å². The Morgan fingerprint density at radius 2 is 2.17 bits per heavy atom. The highest BCUT2D eigenvalue weighted by Gasteiger charge is 2.25. The van der Waals surface area contributed by atoms with Crippen LogP contribution >= 0.6 is 15.9 Å². The average molecular weight is 402 g/mol. The zero-order chi connectivity index (χ0) is 16.6. The highest BCUT2D eigenvalue weighted by molar-refractivity contribution is 9.10. The zero-order valence-corrected chi connectivity index (χ0v) is 15.1. The van der Waals surface area contributed by atoms with E-state index < -0.39 is 9.84 Å². The smallest absolute Gasteiger partial charge is 0.147 e. The van der Waals surface area contributed by atoms with Crippen LogP contribution in [0.3, 0.4) is 0 Å². The molecule has 0 saturated carbocycles. The lowest BCUT2D eigenvalue weighted by molar-refractivity contribution is 0.443. The van der Waals surface area contributed by atoms with Gasteiger partial charge in [-0.3, -0.25) is 0 Å². The summed E-state index contributed by atoms with van der Waals surface area (Å²) in [6.07, 6.45) is 4.50. The van der Waals surface area contributed by atoms with Gasteiger partial charge in [-0.15, -0.1) is 0 Å². The Bertz CT molecular complexity index is 844.